The molecule has 8 nitrogen and oxygen atoms in total. The lowest BCUT2D eigenvalue weighted by atomic mass is 10.5. The Morgan fingerprint density at radius 3 is 2.71 bits per heavy atom. The van der Waals surface area contributed by atoms with Crippen molar-refractivity contribution >= 4 is 12.0 Å². The number of aliphatic carboxylic acids is 1. The third-order valence-electron chi connectivity index (χ3n) is 1.96. The highest BCUT2D eigenvalue weighted by Crippen LogP contribution is 1.95. The number of carboxylic acid groups (broad SMARTS) is 1. The number of nitrogens with zero attached hydrogens (tertiary/aromatic N) is 3. The summed E-state index contributed by atoms with van der Waals surface area (Å²) in [7, 11) is 0. The van der Waals surface area contributed by atoms with Gasteiger partial charge in [-0.2, -0.15) is 4.98 Å². The Morgan fingerprint density at radius 2 is 2.24 bits per heavy atom. The van der Waals surface area contributed by atoms with Crippen molar-refractivity contribution in [2.24, 2.45) is 0 Å². The average molecular weight is 242 g/mol. The summed E-state index contributed by atoms with van der Waals surface area (Å²) in [6, 6.07) is -0.475. The summed E-state index contributed by atoms with van der Waals surface area (Å²) in [6.07, 6.45) is 0. The summed E-state index contributed by atoms with van der Waals surface area (Å²) in [5.74, 6) is -0.299. The number of likely N-dealkylation sites (N-methyl/N-ethyl adjacent to an activating group) is 1. The van der Waals surface area contributed by atoms with Gasteiger partial charge in [0.2, 0.25) is 5.89 Å². The van der Waals surface area contributed by atoms with Crippen LogP contribution in [0.5, 0.6) is 0 Å². The summed E-state index contributed by atoms with van der Waals surface area (Å²) in [4.78, 5) is 27.1. The first-order valence-corrected chi connectivity index (χ1v) is 5.06. The quantitative estimate of drug-likeness (QED) is 0.751. The number of carbonyl (C=O) groups excluding carboxylic acids is 1. The van der Waals surface area contributed by atoms with E-state index in [-0.39, 0.29) is 13.1 Å². The van der Waals surface area contributed by atoms with Crippen LogP contribution in [-0.4, -0.2) is 45.2 Å². The zero-order valence-corrected chi connectivity index (χ0v) is 9.63. The molecule has 0 aromatic carbocycles. The van der Waals surface area contributed by atoms with Gasteiger partial charge >= 0.3 is 12.0 Å². The Hall–Kier alpha value is -2.12. The number of hydrogen-bond donors (Lipinski definition) is 2. The van der Waals surface area contributed by atoms with E-state index in [1.54, 1.807) is 13.8 Å². The first kappa shape index (κ1) is 12.9. The average Bonchev–Trinajstić information content (AvgIpc) is 2.68. The fraction of sp³-hybridized carbons (Fsp3) is 0.556. The van der Waals surface area contributed by atoms with Crippen LogP contribution in [0.1, 0.15) is 18.6 Å². The zero-order chi connectivity index (χ0) is 12.8. The lowest BCUT2D eigenvalue weighted by Gasteiger charge is -2.18. The first-order valence-electron chi connectivity index (χ1n) is 5.06. The maximum atomic E-state index is 11.6. The van der Waals surface area contributed by atoms with Gasteiger partial charge in [0.25, 0.3) is 0 Å². The topological polar surface area (TPSA) is 109 Å². The van der Waals surface area contributed by atoms with E-state index >= 15 is 0 Å². The molecule has 0 fully saturated rings. The molecule has 0 radical (unpaired) electrons. The van der Waals surface area contributed by atoms with Gasteiger partial charge in [0.15, 0.2) is 5.82 Å². The fourth-order valence-electron chi connectivity index (χ4n) is 1.17. The minimum absolute atomic E-state index is 0.103. The molecule has 17 heavy (non-hydrogen) atoms. The van der Waals surface area contributed by atoms with E-state index in [4.69, 9.17) is 9.63 Å². The Morgan fingerprint density at radius 1 is 1.53 bits per heavy atom. The smallest absolute Gasteiger partial charge is 0.323 e. The number of aromatic nitrogens is 2. The number of carbonyl (C=O) groups is 2. The van der Waals surface area contributed by atoms with Crippen LogP contribution in [0.25, 0.3) is 0 Å². The molecule has 0 atom stereocenters. The Kier molecular flexibility index (Phi) is 4.44. The van der Waals surface area contributed by atoms with E-state index < -0.39 is 12.0 Å². The monoisotopic (exact) mass is 242 g/mol. The van der Waals surface area contributed by atoms with E-state index in [2.05, 4.69) is 15.5 Å². The second-order valence-electron chi connectivity index (χ2n) is 3.30. The van der Waals surface area contributed by atoms with Crippen molar-refractivity contribution in [3.8, 4) is 0 Å². The molecule has 1 aromatic rings. The van der Waals surface area contributed by atoms with Crippen LogP contribution in [0.15, 0.2) is 4.52 Å². The van der Waals surface area contributed by atoms with Crippen LogP contribution in [0, 0.1) is 6.92 Å². The molecule has 94 valence electrons. The second-order valence-corrected chi connectivity index (χ2v) is 3.30. The van der Waals surface area contributed by atoms with Crippen molar-refractivity contribution in [3.05, 3.63) is 11.7 Å². The summed E-state index contributed by atoms with van der Waals surface area (Å²) in [6.45, 7) is 3.41. The molecule has 0 aliphatic heterocycles. The number of aryl methyl sites for hydroxylation is 1. The molecular formula is C9H14N4O4. The molecule has 0 saturated heterocycles. The van der Waals surface area contributed by atoms with Crippen molar-refractivity contribution < 1.29 is 19.2 Å². The lowest BCUT2D eigenvalue weighted by Crippen LogP contribution is -2.42. The lowest BCUT2D eigenvalue weighted by molar-refractivity contribution is -0.137. The predicted molar refractivity (Wildman–Crippen MR) is 56.2 cm³/mol. The molecule has 1 rings (SSSR count). The van der Waals surface area contributed by atoms with E-state index in [1.165, 1.54) is 0 Å². The summed E-state index contributed by atoms with van der Waals surface area (Å²) in [5, 5.41) is 14.7. The third kappa shape index (κ3) is 4.09. The van der Waals surface area contributed by atoms with E-state index in [9.17, 15) is 9.59 Å². The maximum Gasteiger partial charge on any atom is 0.323 e. The van der Waals surface area contributed by atoms with Gasteiger partial charge in [-0.1, -0.05) is 5.16 Å². The largest absolute Gasteiger partial charge is 0.480 e. The van der Waals surface area contributed by atoms with Crippen molar-refractivity contribution in [2.45, 2.75) is 20.4 Å². The Labute approximate surface area is 97.6 Å². The Bertz CT molecular complexity index is 403. The van der Waals surface area contributed by atoms with Gasteiger partial charge in [-0.15, -0.1) is 0 Å². The van der Waals surface area contributed by atoms with E-state index in [0.29, 0.717) is 18.3 Å². The van der Waals surface area contributed by atoms with E-state index in [0.717, 1.165) is 4.90 Å². The van der Waals surface area contributed by atoms with Gasteiger partial charge in [-0.25, -0.2) is 4.79 Å². The van der Waals surface area contributed by atoms with Gasteiger partial charge in [-0.3, -0.25) is 4.79 Å². The van der Waals surface area contributed by atoms with Crippen molar-refractivity contribution in [1.82, 2.24) is 20.4 Å². The maximum absolute atomic E-state index is 11.6. The highest BCUT2D eigenvalue weighted by Gasteiger charge is 2.15. The molecule has 0 saturated carbocycles. The SMILES string of the molecule is CCN(CC(=O)O)C(=O)NCc1noc(C)n1. The summed E-state index contributed by atoms with van der Waals surface area (Å²) >= 11 is 0. The number of nitrogens with one attached hydrogen (secondary N) is 1. The molecule has 0 bridgehead atoms. The highest BCUT2D eigenvalue weighted by atomic mass is 16.5. The van der Waals surface area contributed by atoms with Crippen LogP contribution >= 0.6 is 0 Å². The fourth-order valence-corrected chi connectivity index (χ4v) is 1.17. The van der Waals surface area contributed by atoms with Gasteiger partial charge < -0.3 is 19.8 Å². The molecule has 0 unspecified atom stereocenters. The molecule has 0 spiro atoms. The third-order valence-corrected chi connectivity index (χ3v) is 1.96. The van der Waals surface area contributed by atoms with Crippen LogP contribution in [0.3, 0.4) is 0 Å². The van der Waals surface area contributed by atoms with Crippen LogP contribution < -0.4 is 5.32 Å². The van der Waals surface area contributed by atoms with Gasteiger partial charge in [-0.05, 0) is 6.92 Å². The molecule has 1 heterocycles. The van der Waals surface area contributed by atoms with Gasteiger partial charge in [0, 0.05) is 13.5 Å². The van der Waals surface area contributed by atoms with Crippen molar-refractivity contribution in [1.29, 1.82) is 0 Å². The molecule has 1 aromatic heterocycles. The molecular weight excluding hydrogens is 228 g/mol. The number of urea groups is 1. The normalized spacial score (nSPS) is 10.0. The second kappa shape index (κ2) is 5.83. The molecule has 8 heteroatoms. The minimum Gasteiger partial charge on any atom is -0.480 e. The van der Waals surface area contributed by atoms with Crippen LogP contribution in [-0.2, 0) is 11.3 Å². The van der Waals surface area contributed by atoms with Gasteiger partial charge in [0.1, 0.15) is 6.54 Å². The summed E-state index contributed by atoms with van der Waals surface area (Å²) in [5.41, 5.74) is 0. The van der Waals surface area contributed by atoms with Crippen molar-refractivity contribution in [2.75, 3.05) is 13.1 Å². The predicted octanol–water partition coefficient (Wildman–Crippen LogP) is -0.00588. The van der Waals surface area contributed by atoms with Crippen LogP contribution in [0.4, 0.5) is 4.79 Å². The molecule has 2 N–H and O–H groups in total. The number of amides is 2. The molecule has 2 amide bonds. The van der Waals surface area contributed by atoms with Gasteiger partial charge in [0.05, 0.1) is 6.54 Å². The number of carboxylic acids is 1. The number of hydrogen-bond acceptors (Lipinski definition) is 5. The standard InChI is InChI=1S/C9H14N4O4/c1-3-13(5-8(14)15)9(16)10-4-7-11-6(2)17-12-7/h3-5H2,1-2H3,(H,10,16)(H,14,15). The van der Waals surface area contributed by atoms with Crippen LogP contribution in [0.2, 0.25) is 0 Å². The van der Waals surface area contributed by atoms with Crippen molar-refractivity contribution in [3.63, 3.8) is 0 Å². The molecule has 0 aliphatic rings. The number of rotatable bonds is 5. The highest BCUT2D eigenvalue weighted by molar-refractivity contribution is 5.79. The van der Waals surface area contributed by atoms with E-state index in [1.807, 2.05) is 0 Å². The molecule has 0 aliphatic carbocycles. The first-order chi connectivity index (χ1) is 8.02. The zero-order valence-electron chi connectivity index (χ0n) is 9.63. The minimum atomic E-state index is -1.06. The summed E-state index contributed by atoms with van der Waals surface area (Å²) < 4.78 is 4.73. The Balaban J connectivity index is 2.44.